The predicted octanol–water partition coefficient (Wildman–Crippen LogP) is 3.66. The van der Waals surface area contributed by atoms with Gasteiger partial charge in [-0.1, -0.05) is 31.1 Å². The summed E-state index contributed by atoms with van der Waals surface area (Å²) in [5, 5.41) is 7.39. The molecule has 0 spiro atoms. The monoisotopic (exact) mass is 350 g/mol. The molecule has 3 heterocycles. The van der Waals surface area contributed by atoms with Gasteiger partial charge in [-0.15, -0.1) is 0 Å². The molecule has 1 aliphatic heterocycles. The van der Waals surface area contributed by atoms with Crippen molar-refractivity contribution in [1.82, 2.24) is 20.4 Å². The van der Waals surface area contributed by atoms with Gasteiger partial charge in [-0.25, -0.2) is 0 Å². The molecule has 26 heavy (non-hydrogen) atoms. The van der Waals surface area contributed by atoms with Crippen molar-refractivity contribution in [2.75, 3.05) is 13.1 Å². The van der Waals surface area contributed by atoms with Crippen LogP contribution in [-0.4, -0.2) is 34.3 Å². The molecule has 6 heteroatoms. The first kappa shape index (κ1) is 16.7. The molecule has 3 aromatic rings. The summed E-state index contributed by atoms with van der Waals surface area (Å²) in [7, 11) is 0. The molecule has 1 fully saturated rings. The number of pyridine rings is 1. The molecule has 0 amide bonds. The Kier molecular flexibility index (Phi) is 4.67. The van der Waals surface area contributed by atoms with Crippen LogP contribution >= 0.6 is 0 Å². The van der Waals surface area contributed by atoms with Gasteiger partial charge in [-0.3, -0.25) is 4.98 Å². The molecule has 0 radical (unpaired) electrons. The maximum absolute atomic E-state index is 5.98. The molecule has 134 valence electrons. The summed E-state index contributed by atoms with van der Waals surface area (Å²) in [6.45, 7) is 6.18. The summed E-state index contributed by atoms with van der Waals surface area (Å²) in [5.74, 6) is 2.18. The van der Waals surface area contributed by atoms with E-state index in [9.17, 15) is 0 Å². The summed E-state index contributed by atoms with van der Waals surface area (Å²) < 4.78 is 11.4. The Morgan fingerprint density at radius 1 is 1.23 bits per heavy atom. The first-order chi connectivity index (χ1) is 12.7. The van der Waals surface area contributed by atoms with Crippen LogP contribution in [0.2, 0.25) is 0 Å². The van der Waals surface area contributed by atoms with E-state index in [1.165, 1.54) is 5.56 Å². The number of benzene rings is 1. The third-order valence-corrected chi connectivity index (χ3v) is 4.50. The Bertz CT molecular complexity index is 885. The topological polar surface area (TPSA) is 73.1 Å². The van der Waals surface area contributed by atoms with Gasteiger partial charge in [0.25, 0.3) is 5.89 Å². The summed E-state index contributed by atoms with van der Waals surface area (Å²) in [5.41, 5.74) is 2.80. The zero-order valence-electron chi connectivity index (χ0n) is 15.0. The lowest BCUT2D eigenvalue weighted by molar-refractivity contribution is 0.223. The summed E-state index contributed by atoms with van der Waals surface area (Å²) >= 11 is 0. The average molecular weight is 350 g/mol. The largest absolute Gasteiger partial charge is 0.489 e. The quantitative estimate of drug-likeness (QED) is 0.757. The number of hydrogen-bond acceptors (Lipinski definition) is 6. The summed E-state index contributed by atoms with van der Waals surface area (Å²) in [6.07, 6.45) is 2.92. The third-order valence-electron chi connectivity index (χ3n) is 4.50. The SMILES string of the molecule is CC(C)c1cccc(-c2nc(-c3cc(OC4CCNC4)ccn3)no2)c1. The van der Waals surface area contributed by atoms with Gasteiger partial charge in [-0.2, -0.15) is 4.98 Å². The van der Waals surface area contributed by atoms with Crippen LogP contribution < -0.4 is 10.1 Å². The molecule has 2 aromatic heterocycles. The first-order valence-electron chi connectivity index (χ1n) is 8.97. The highest BCUT2D eigenvalue weighted by Crippen LogP contribution is 2.26. The molecule has 1 aromatic carbocycles. The Morgan fingerprint density at radius 3 is 2.96 bits per heavy atom. The fourth-order valence-electron chi connectivity index (χ4n) is 3.00. The lowest BCUT2D eigenvalue weighted by Crippen LogP contribution is -2.19. The minimum atomic E-state index is 0.199. The van der Waals surface area contributed by atoms with Gasteiger partial charge in [0.2, 0.25) is 5.82 Å². The highest BCUT2D eigenvalue weighted by molar-refractivity contribution is 5.59. The van der Waals surface area contributed by atoms with Crippen molar-refractivity contribution in [1.29, 1.82) is 0 Å². The van der Waals surface area contributed by atoms with Crippen molar-refractivity contribution in [3.05, 3.63) is 48.2 Å². The van der Waals surface area contributed by atoms with E-state index in [1.54, 1.807) is 6.20 Å². The van der Waals surface area contributed by atoms with Crippen molar-refractivity contribution in [2.24, 2.45) is 0 Å². The van der Waals surface area contributed by atoms with E-state index in [2.05, 4.69) is 46.4 Å². The van der Waals surface area contributed by atoms with Crippen LogP contribution in [0.5, 0.6) is 5.75 Å². The number of ether oxygens (including phenoxy) is 1. The maximum Gasteiger partial charge on any atom is 0.258 e. The lowest BCUT2D eigenvalue weighted by Gasteiger charge is -2.12. The smallest absolute Gasteiger partial charge is 0.258 e. The minimum Gasteiger partial charge on any atom is -0.489 e. The van der Waals surface area contributed by atoms with E-state index >= 15 is 0 Å². The lowest BCUT2D eigenvalue weighted by atomic mass is 10.0. The van der Waals surface area contributed by atoms with E-state index in [0.29, 0.717) is 23.3 Å². The average Bonchev–Trinajstić information content (AvgIpc) is 3.34. The molecule has 6 nitrogen and oxygen atoms in total. The molecule has 1 saturated heterocycles. The molecular formula is C20H22N4O2. The van der Waals surface area contributed by atoms with Gasteiger partial charge in [0, 0.05) is 24.4 Å². The molecule has 4 rings (SSSR count). The number of aromatic nitrogens is 3. The third kappa shape index (κ3) is 3.60. The predicted molar refractivity (Wildman–Crippen MR) is 99.0 cm³/mol. The van der Waals surface area contributed by atoms with Crippen LogP contribution in [-0.2, 0) is 0 Å². The maximum atomic E-state index is 5.98. The van der Waals surface area contributed by atoms with E-state index in [-0.39, 0.29) is 6.10 Å². The van der Waals surface area contributed by atoms with Gasteiger partial charge in [0.15, 0.2) is 0 Å². The van der Waals surface area contributed by atoms with Gasteiger partial charge in [-0.05, 0) is 42.6 Å². The van der Waals surface area contributed by atoms with E-state index in [1.807, 2.05) is 24.3 Å². The number of nitrogens with zero attached hydrogens (tertiary/aromatic N) is 3. The zero-order valence-corrected chi connectivity index (χ0v) is 15.0. The second kappa shape index (κ2) is 7.25. The standard InChI is InChI=1S/C20H22N4O2/c1-13(2)14-4-3-5-15(10-14)20-23-19(24-26-20)18-11-16(7-9-22-18)25-17-6-8-21-12-17/h3-5,7,9-11,13,17,21H,6,8,12H2,1-2H3. The van der Waals surface area contributed by atoms with Crippen LogP contribution in [0.25, 0.3) is 23.0 Å². The summed E-state index contributed by atoms with van der Waals surface area (Å²) in [4.78, 5) is 8.87. The van der Waals surface area contributed by atoms with Crippen molar-refractivity contribution in [3.63, 3.8) is 0 Å². The fraction of sp³-hybridized carbons (Fsp3) is 0.350. The van der Waals surface area contributed by atoms with Crippen LogP contribution in [0, 0.1) is 0 Å². The first-order valence-corrected chi connectivity index (χ1v) is 8.97. The highest BCUT2D eigenvalue weighted by Gasteiger charge is 2.17. The molecule has 1 unspecified atom stereocenters. The van der Waals surface area contributed by atoms with Crippen molar-refractivity contribution >= 4 is 0 Å². The van der Waals surface area contributed by atoms with Gasteiger partial charge in [0.1, 0.15) is 17.5 Å². The Morgan fingerprint density at radius 2 is 2.15 bits per heavy atom. The Balaban J connectivity index is 1.57. The van der Waals surface area contributed by atoms with Crippen molar-refractivity contribution in [2.45, 2.75) is 32.3 Å². The second-order valence-electron chi connectivity index (χ2n) is 6.81. The van der Waals surface area contributed by atoms with Crippen LogP contribution in [0.15, 0.2) is 47.1 Å². The number of hydrogen-bond donors (Lipinski definition) is 1. The van der Waals surface area contributed by atoms with Crippen LogP contribution in [0.4, 0.5) is 0 Å². The van der Waals surface area contributed by atoms with Gasteiger partial charge in [0.05, 0.1) is 0 Å². The summed E-state index contributed by atoms with van der Waals surface area (Å²) in [6, 6.07) is 11.9. The van der Waals surface area contributed by atoms with Crippen molar-refractivity contribution in [3.8, 4) is 28.7 Å². The molecule has 0 bridgehead atoms. The number of rotatable bonds is 5. The molecule has 0 saturated carbocycles. The molecule has 0 aliphatic carbocycles. The Hall–Kier alpha value is -2.73. The Labute approximate surface area is 152 Å². The molecular weight excluding hydrogens is 328 g/mol. The van der Waals surface area contributed by atoms with E-state index in [0.717, 1.165) is 30.8 Å². The van der Waals surface area contributed by atoms with Gasteiger partial charge < -0.3 is 14.6 Å². The second-order valence-corrected chi connectivity index (χ2v) is 6.81. The number of nitrogens with one attached hydrogen (secondary N) is 1. The highest BCUT2D eigenvalue weighted by atomic mass is 16.5. The molecule has 1 atom stereocenters. The fourth-order valence-corrected chi connectivity index (χ4v) is 3.00. The normalized spacial score (nSPS) is 17.0. The van der Waals surface area contributed by atoms with Crippen LogP contribution in [0.1, 0.15) is 31.7 Å². The zero-order chi connectivity index (χ0) is 17.9. The minimum absolute atomic E-state index is 0.199. The van der Waals surface area contributed by atoms with Gasteiger partial charge >= 0.3 is 0 Å². The molecule has 1 N–H and O–H groups in total. The molecule has 1 aliphatic rings. The van der Waals surface area contributed by atoms with E-state index < -0.39 is 0 Å². The van der Waals surface area contributed by atoms with E-state index in [4.69, 9.17) is 9.26 Å². The van der Waals surface area contributed by atoms with Crippen molar-refractivity contribution < 1.29 is 9.26 Å². The van der Waals surface area contributed by atoms with Crippen LogP contribution in [0.3, 0.4) is 0 Å².